The van der Waals surface area contributed by atoms with Gasteiger partial charge in [0.2, 0.25) is 5.91 Å². The van der Waals surface area contributed by atoms with Gasteiger partial charge in [-0.15, -0.1) is 0 Å². The van der Waals surface area contributed by atoms with Crippen LogP contribution in [0, 0.1) is 11.6 Å². The van der Waals surface area contributed by atoms with Crippen molar-refractivity contribution in [2.75, 3.05) is 36.9 Å². The number of likely N-dealkylation sites (N-methyl/N-ethyl adjacent to an activating group) is 1. The Morgan fingerprint density at radius 2 is 1.79 bits per heavy atom. The Kier molecular flexibility index (Phi) is 6.64. The predicted molar refractivity (Wildman–Crippen MR) is 107 cm³/mol. The van der Waals surface area contributed by atoms with Gasteiger partial charge in [-0.05, 0) is 37.5 Å². The quantitative estimate of drug-likeness (QED) is 0.797. The lowest BCUT2D eigenvalue weighted by Crippen LogP contribution is -2.35. The van der Waals surface area contributed by atoms with Gasteiger partial charge < -0.3 is 15.1 Å². The van der Waals surface area contributed by atoms with Gasteiger partial charge in [-0.3, -0.25) is 9.59 Å². The van der Waals surface area contributed by atoms with Crippen LogP contribution in [0.2, 0.25) is 5.02 Å². The first-order valence-electron chi connectivity index (χ1n) is 9.25. The van der Waals surface area contributed by atoms with Crippen LogP contribution in [-0.2, 0) is 4.79 Å². The highest BCUT2D eigenvalue weighted by molar-refractivity contribution is 6.33. The van der Waals surface area contributed by atoms with Crippen molar-refractivity contribution < 1.29 is 18.4 Å². The molecule has 0 spiro atoms. The van der Waals surface area contributed by atoms with Gasteiger partial charge in [0.15, 0.2) is 0 Å². The average Bonchev–Trinajstić information content (AvgIpc) is 2.66. The standard InChI is InChI=1S/C20H21ClF2N4O2/c1-26(12-18(28)25-16-9-14(22)8-15(23)10-16)19-17(21)7-13(11-24-19)20(29)27-5-3-2-4-6-27/h7-11H,2-6,12H2,1H3,(H,25,28). The number of aromatic nitrogens is 1. The molecule has 1 aromatic carbocycles. The highest BCUT2D eigenvalue weighted by Crippen LogP contribution is 2.24. The van der Waals surface area contributed by atoms with E-state index in [1.807, 2.05) is 0 Å². The maximum absolute atomic E-state index is 13.2. The van der Waals surface area contributed by atoms with E-state index >= 15 is 0 Å². The first kappa shape index (κ1) is 21.0. The van der Waals surface area contributed by atoms with Crippen molar-refractivity contribution in [3.05, 3.63) is 52.7 Å². The zero-order valence-electron chi connectivity index (χ0n) is 15.9. The van der Waals surface area contributed by atoms with Crippen LogP contribution in [0.15, 0.2) is 30.5 Å². The number of likely N-dealkylation sites (tertiary alicyclic amines) is 1. The first-order chi connectivity index (χ1) is 13.8. The fourth-order valence-corrected chi connectivity index (χ4v) is 3.54. The number of carbonyl (C=O) groups is 2. The summed E-state index contributed by atoms with van der Waals surface area (Å²) in [5, 5.41) is 2.66. The second-order valence-electron chi connectivity index (χ2n) is 6.94. The van der Waals surface area contributed by atoms with Gasteiger partial charge in [-0.25, -0.2) is 13.8 Å². The molecule has 9 heteroatoms. The van der Waals surface area contributed by atoms with E-state index in [2.05, 4.69) is 10.3 Å². The third-order valence-electron chi connectivity index (χ3n) is 4.60. The summed E-state index contributed by atoms with van der Waals surface area (Å²) < 4.78 is 26.5. The maximum Gasteiger partial charge on any atom is 0.255 e. The molecule has 3 rings (SSSR count). The van der Waals surface area contributed by atoms with Crippen molar-refractivity contribution in [3.63, 3.8) is 0 Å². The molecule has 1 aliphatic rings. The number of benzene rings is 1. The molecule has 154 valence electrons. The topological polar surface area (TPSA) is 65.5 Å². The van der Waals surface area contributed by atoms with E-state index in [0.29, 0.717) is 11.4 Å². The molecule has 1 aromatic heterocycles. The normalized spacial score (nSPS) is 13.9. The Bertz CT molecular complexity index is 899. The fourth-order valence-electron chi connectivity index (χ4n) is 3.22. The number of hydrogen-bond donors (Lipinski definition) is 1. The van der Waals surface area contributed by atoms with E-state index in [0.717, 1.165) is 50.6 Å². The molecule has 1 saturated heterocycles. The van der Waals surface area contributed by atoms with Crippen molar-refractivity contribution >= 4 is 34.9 Å². The summed E-state index contributed by atoms with van der Waals surface area (Å²) >= 11 is 6.29. The van der Waals surface area contributed by atoms with Gasteiger partial charge in [-0.2, -0.15) is 0 Å². The molecule has 0 unspecified atom stereocenters. The summed E-state index contributed by atoms with van der Waals surface area (Å²) in [6, 6.07) is 4.30. The smallest absolute Gasteiger partial charge is 0.255 e. The third-order valence-corrected chi connectivity index (χ3v) is 4.88. The minimum atomic E-state index is -0.785. The lowest BCUT2D eigenvalue weighted by Gasteiger charge is -2.27. The fraction of sp³-hybridized carbons (Fsp3) is 0.350. The van der Waals surface area contributed by atoms with Crippen molar-refractivity contribution in [2.45, 2.75) is 19.3 Å². The second kappa shape index (κ2) is 9.17. The van der Waals surface area contributed by atoms with Crippen molar-refractivity contribution in [2.24, 2.45) is 0 Å². The van der Waals surface area contributed by atoms with Crippen LogP contribution in [0.25, 0.3) is 0 Å². The molecule has 6 nitrogen and oxygen atoms in total. The maximum atomic E-state index is 13.2. The molecule has 1 aliphatic heterocycles. The second-order valence-corrected chi connectivity index (χ2v) is 7.35. The van der Waals surface area contributed by atoms with Crippen molar-refractivity contribution in [3.8, 4) is 0 Å². The van der Waals surface area contributed by atoms with Crippen molar-refractivity contribution in [1.82, 2.24) is 9.88 Å². The van der Waals surface area contributed by atoms with Crippen LogP contribution >= 0.6 is 11.6 Å². The molecule has 0 radical (unpaired) electrons. The summed E-state index contributed by atoms with van der Waals surface area (Å²) in [5.74, 6) is -1.86. The third kappa shape index (κ3) is 5.41. The van der Waals surface area contributed by atoms with E-state index in [1.165, 1.54) is 17.2 Å². The van der Waals surface area contributed by atoms with E-state index < -0.39 is 17.5 Å². The molecule has 0 aliphatic carbocycles. The van der Waals surface area contributed by atoms with Crippen LogP contribution in [0.3, 0.4) is 0 Å². The zero-order chi connectivity index (χ0) is 21.0. The molecule has 0 atom stereocenters. The molecular formula is C20H21ClF2N4O2. The van der Waals surface area contributed by atoms with Crippen molar-refractivity contribution in [1.29, 1.82) is 0 Å². The lowest BCUT2D eigenvalue weighted by atomic mass is 10.1. The number of carbonyl (C=O) groups excluding carboxylic acids is 2. The Hall–Kier alpha value is -2.74. The van der Waals surface area contributed by atoms with E-state index in [4.69, 9.17) is 11.6 Å². The van der Waals surface area contributed by atoms with Gasteiger partial charge in [0.05, 0.1) is 17.1 Å². The van der Waals surface area contributed by atoms with E-state index in [9.17, 15) is 18.4 Å². The molecule has 1 fully saturated rings. The molecule has 0 saturated carbocycles. The molecule has 1 N–H and O–H groups in total. The minimum Gasteiger partial charge on any atom is -0.349 e. The van der Waals surface area contributed by atoms with Crippen LogP contribution in [-0.4, -0.2) is 48.4 Å². The number of nitrogens with zero attached hydrogens (tertiary/aromatic N) is 3. The van der Waals surface area contributed by atoms with E-state index in [1.54, 1.807) is 11.9 Å². The Morgan fingerprint density at radius 1 is 1.14 bits per heavy atom. The van der Waals surface area contributed by atoms with Gasteiger partial charge in [0.25, 0.3) is 5.91 Å². The Balaban J connectivity index is 1.65. The highest BCUT2D eigenvalue weighted by Gasteiger charge is 2.20. The molecule has 29 heavy (non-hydrogen) atoms. The van der Waals surface area contributed by atoms with Gasteiger partial charge in [-0.1, -0.05) is 11.6 Å². The number of nitrogens with one attached hydrogen (secondary N) is 1. The summed E-state index contributed by atoms with van der Waals surface area (Å²) in [6.07, 6.45) is 4.53. The highest BCUT2D eigenvalue weighted by atomic mass is 35.5. The monoisotopic (exact) mass is 422 g/mol. The molecule has 0 bridgehead atoms. The number of hydrogen-bond acceptors (Lipinski definition) is 4. The first-order valence-corrected chi connectivity index (χ1v) is 9.63. The molecular weight excluding hydrogens is 402 g/mol. The number of rotatable bonds is 5. The predicted octanol–water partition coefficient (Wildman–Crippen LogP) is 3.71. The van der Waals surface area contributed by atoms with Crippen LogP contribution < -0.4 is 10.2 Å². The SMILES string of the molecule is CN(CC(=O)Nc1cc(F)cc(F)c1)c1ncc(C(=O)N2CCCCC2)cc1Cl. The number of pyridine rings is 1. The van der Waals surface area contributed by atoms with Gasteiger partial charge in [0.1, 0.15) is 17.5 Å². The molecule has 2 amide bonds. The van der Waals surface area contributed by atoms with Crippen LogP contribution in [0.4, 0.5) is 20.3 Å². The van der Waals surface area contributed by atoms with Gasteiger partial charge in [0, 0.05) is 38.1 Å². The van der Waals surface area contributed by atoms with Crippen LogP contribution in [0.1, 0.15) is 29.6 Å². The number of halogens is 3. The summed E-state index contributed by atoms with van der Waals surface area (Å²) in [7, 11) is 1.60. The largest absolute Gasteiger partial charge is 0.349 e. The number of anilines is 2. The summed E-state index contributed by atoms with van der Waals surface area (Å²) in [4.78, 5) is 32.2. The minimum absolute atomic E-state index is 0.0161. The zero-order valence-corrected chi connectivity index (χ0v) is 16.7. The molecule has 2 aromatic rings. The number of amides is 2. The summed E-state index contributed by atoms with van der Waals surface area (Å²) in [6.45, 7) is 1.29. The Labute approximate surface area is 172 Å². The summed E-state index contributed by atoms with van der Waals surface area (Å²) in [5.41, 5.74) is 0.413. The van der Waals surface area contributed by atoms with E-state index in [-0.39, 0.29) is 23.2 Å². The molecule has 2 heterocycles. The number of piperidine rings is 1. The lowest BCUT2D eigenvalue weighted by molar-refractivity contribution is -0.114. The Morgan fingerprint density at radius 3 is 2.41 bits per heavy atom. The van der Waals surface area contributed by atoms with Gasteiger partial charge >= 0.3 is 0 Å². The van der Waals surface area contributed by atoms with Crippen LogP contribution in [0.5, 0.6) is 0 Å². The average molecular weight is 423 g/mol.